The van der Waals surface area contributed by atoms with E-state index in [1.54, 1.807) is 0 Å². The Labute approximate surface area is 129 Å². The van der Waals surface area contributed by atoms with E-state index in [2.05, 4.69) is 10.6 Å². The van der Waals surface area contributed by atoms with E-state index < -0.39 is 0 Å². The highest BCUT2D eigenvalue weighted by molar-refractivity contribution is 7.80. The Morgan fingerprint density at radius 3 is 2.29 bits per heavy atom. The third-order valence-electron chi connectivity index (χ3n) is 3.01. The Kier molecular flexibility index (Phi) is 4.55. The van der Waals surface area contributed by atoms with Gasteiger partial charge in [-0.05, 0) is 42.8 Å². The van der Waals surface area contributed by atoms with E-state index in [1.165, 1.54) is 6.92 Å². The summed E-state index contributed by atoms with van der Waals surface area (Å²) >= 11 is 5.08. The number of thiocarbonyl (C=S) groups is 1. The van der Waals surface area contributed by atoms with Gasteiger partial charge in [0, 0.05) is 23.9 Å². The van der Waals surface area contributed by atoms with E-state index in [4.69, 9.17) is 18.0 Å². The first kappa shape index (κ1) is 15.0. The standard InChI is InChI=1S/C16H17N3OS/c1-10-4-3-5-14(16(17)21)15(10)19-13-8-6-12(7-9-13)18-11(2)20/h3-9,19H,1-2H3,(H2,17,21)(H,18,20). The lowest BCUT2D eigenvalue weighted by atomic mass is 10.1. The fraction of sp³-hybridized carbons (Fsp3) is 0.125. The van der Waals surface area contributed by atoms with Crippen LogP contribution in [-0.2, 0) is 4.79 Å². The lowest BCUT2D eigenvalue weighted by Crippen LogP contribution is -2.12. The summed E-state index contributed by atoms with van der Waals surface area (Å²) in [7, 11) is 0. The average Bonchev–Trinajstić information content (AvgIpc) is 2.42. The number of amides is 1. The molecule has 0 unspecified atom stereocenters. The summed E-state index contributed by atoms with van der Waals surface area (Å²) in [5.74, 6) is -0.0922. The highest BCUT2D eigenvalue weighted by Crippen LogP contribution is 2.25. The fourth-order valence-electron chi connectivity index (χ4n) is 2.02. The molecule has 0 aliphatic heterocycles. The normalized spacial score (nSPS) is 10.0. The third-order valence-corrected chi connectivity index (χ3v) is 3.23. The molecule has 0 aromatic heterocycles. The van der Waals surface area contributed by atoms with Gasteiger partial charge >= 0.3 is 0 Å². The molecule has 21 heavy (non-hydrogen) atoms. The predicted octanol–water partition coefficient (Wildman–Crippen LogP) is 3.33. The van der Waals surface area contributed by atoms with E-state index in [0.717, 1.165) is 28.2 Å². The van der Waals surface area contributed by atoms with Crippen LogP contribution < -0.4 is 16.4 Å². The maximum atomic E-state index is 11.0. The first-order valence-corrected chi connectivity index (χ1v) is 6.92. The predicted molar refractivity (Wildman–Crippen MR) is 91.1 cm³/mol. The largest absolute Gasteiger partial charge is 0.389 e. The molecule has 0 bridgehead atoms. The van der Waals surface area contributed by atoms with Gasteiger partial charge in [0.1, 0.15) is 4.99 Å². The summed E-state index contributed by atoms with van der Waals surface area (Å²) in [5, 5.41) is 6.05. The molecule has 0 aliphatic rings. The zero-order chi connectivity index (χ0) is 15.4. The molecule has 2 aromatic carbocycles. The fourth-order valence-corrected chi connectivity index (χ4v) is 2.19. The van der Waals surface area contributed by atoms with Gasteiger partial charge in [0.15, 0.2) is 0 Å². The van der Waals surface area contributed by atoms with Crippen LogP contribution in [0.25, 0.3) is 0 Å². The van der Waals surface area contributed by atoms with Gasteiger partial charge in [-0.3, -0.25) is 4.79 Å². The van der Waals surface area contributed by atoms with E-state index in [0.29, 0.717) is 4.99 Å². The smallest absolute Gasteiger partial charge is 0.221 e. The van der Waals surface area contributed by atoms with Crippen molar-refractivity contribution in [1.29, 1.82) is 0 Å². The second kappa shape index (κ2) is 6.37. The van der Waals surface area contributed by atoms with Crippen LogP contribution in [0, 0.1) is 6.92 Å². The molecule has 0 aliphatic carbocycles. The van der Waals surface area contributed by atoms with Gasteiger partial charge in [0.25, 0.3) is 0 Å². The maximum absolute atomic E-state index is 11.0. The van der Waals surface area contributed by atoms with E-state index >= 15 is 0 Å². The van der Waals surface area contributed by atoms with E-state index in [9.17, 15) is 4.79 Å². The second-order valence-electron chi connectivity index (χ2n) is 4.75. The summed E-state index contributed by atoms with van der Waals surface area (Å²) in [6, 6.07) is 13.3. The van der Waals surface area contributed by atoms with Crippen LogP contribution in [0.5, 0.6) is 0 Å². The van der Waals surface area contributed by atoms with Crippen molar-refractivity contribution >= 4 is 40.2 Å². The number of nitrogens with two attached hydrogens (primary N) is 1. The summed E-state index contributed by atoms with van der Waals surface area (Å²) in [6.07, 6.45) is 0. The quantitative estimate of drug-likeness (QED) is 0.758. The molecule has 108 valence electrons. The van der Waals surface area contributed by atoms with Crippen molar-refractivity contribution in [2.75, 3.05) is 10.6 Å². The summed E-state index contributed by atoms with van der Waals surface area (Å²) in [4.78, 5) is 11.4. The molecule has 2 aromatic rings. The van der Waals surface area contributed by atoms with Gasteiger partial charge in [-0.25, -0.2) is 0 Å². The van der Waals surface area contributed by atoms with Crippen molar-refractivity contribution in [2.24, 2.45) is 5.73 Å². The number of benzene rings is 2. The van der Waals surface area contributed by atoms with Gasteiger partial charge < -0.3 is 16.4 Å². The molecule has 2 rings (SSSR count). The van der Waals surface area contributed by atoms with Crippen molar-refractivity contribution in [3.63, 3.8) is 0 Å². The zero-order valence-electron chi connectivity index (χ0n) is 11.9. The molecular weight excluding hydrogens is 282 g/mol. The van der Waals surface area contributed by atoms with Crippen molar-refractivity contribution < 1.29 is 4.79 Å². The van der Waals surface area contributed by atoms with Crippen LogP contribution in [0.3, 0.4) is 0 Å². The number of para-hydroxylation sites is 1. The minimum Gasteiger partial charge on any atom is -0.389 e. The van der Waals surface area contributed by atoms with Crippen LogP contribution in [0.2, 0.25) is 0 Å². The molecule has 0 spiro atoms. The molecule has 0 atom stereocenters. The molecule has 5 heteroatoms. The SMILES string of the molecule is CC(=O)Nc1ccc(Nc2c(C)cccc2C(N)=S)cc1. The summed E-state index contributed by atoms with van der Waals surface area (Å²) < 4.78 is 0. The molecule has 4 N–H and O–H groups in total. The lowest BCUT2D eigenvalue weighted by Gasteiger charge is -2.14. The van der Waals surface area contributed by atoms with E-state index in [-0.39, 0.29) is 5.91 Å². The molecule has 0 heterocycles. The number of aryl methyl sites for hydroxylation is 1. The molecule has 0 fully saturated rings. The van der Waals surface area contributed by atoms with Gasteiger partial charge in [-0.2, -0.15) is 0 Å². The molecule has 0 radical (unpaired) electrons. The summed E-state index contributed by atoms with van der Waals surface area (Å²) in [6.45, 7) is 3.48. The topological polar surface area (TPSA) is 67.2 Å². The van der Waals surface area contributed by atoms with Gasteiger partial charge in [0.2, 0.25) is 5.91 Å². The van der Waals surface area contributed by atoms with Gasteiger partial charge in [0.05, 0.1) is 5.69 Å². The molecule has 4 nitrogen and oxygen atoms in total. The highest BCUT2D eigenvalue weighted by atomic mass is 32.1. The molecule has 0 saturated carbocycles. The van der Waals surface area contributed by atoms with Gasteiger partial charge in [-0.15, -0.1) is 0 Å². The lowest BCUT2D eigenvalue weighted by molar-refractivity contribution is -0.114. The Morgan fingerprint density at radius 1 is 1.10 bits per heavy atom. The van der Waals surface area contributed by atoms with Crippen LogP contribution >= 0.6 is 12.2 Å². The first-order chi connectivity index (χ1) is 9.97. The zero-order valence-corrected chi connectivity index (χ0v) is 12.8. The number of rotatable bonds is 4. The van der Waals surface area contributed by atoms with Crippen molar-refractivity contribution in [3.05, 3.63) is 53.6 Å². The Balaban J connectivity index is 2.26. The molecule has 0 saturated heterocycles. The Morgan fingerprint density at radius 2 is 1.71 bits per heavy atom. The minimum absolute atomic E-state index is 0.0922. The van der Waals surface area contributed by atoms with Crippen LogP contribution in [-0.4, -0.2) is 10.9 Å². The monoisotopic (exact) mass is 299 g/mol. The van der Waals surface area contributed by atoms with Crippen molar-refractivity contribution in [2.45, 2.75) is 13.8 Å². The number of nitrogens with one attached hydrogen (secondary N) is 2. The second-order valence-corrected chi connectivity index (χ2v) is 5.19. The third kappa shape index (κ3) is 3.79. The number of hydrogen-bond acceptors (Lipinski definition) is 3. The Hall–Kier alpha value is -2.40. The minimum atomic E-state index is -0.0922. The van der Waals surface area contributed by atoms with Crippen molar-refractivity contribution in [1.82, 2.24) is 0 Å². The van der Waals surface area contributed by atoms with Crippen LogP contribution in [0.15, 0.2) is 42.5 Å². The van der Waals surface area contributed by atoms with E-state index in [1.807, 2.05) is 49.4 Å². The number of carbonyl (C=O) groups is 1. The molecule has 1 amide bonds. The van der Waals surface area contributed by atoms with Crippen LogP contribution in [0.4, 0.5) is 17.1 Å². The maximum Gasteiger partial charge on any atom is 0.221 e. The number of carbonyl (C=O) groups excluding carboxylic acids is 1. The summed E-state index contributed by atoms with van der Waals surface area (Å²) in [5.41, 5.74) is 10.2. The van der Waals surface area contributed by atoms with Crippen LogP contribution in [0.1, 0.15) is 18.1 Å². The Bertz CT molecular complexity index is 680. The molecular formula is C16H17N3OS. The van der Waals surface area contributed by atoms with Gasteiger partial charge in [-0.1, -0.05) is 24.4 Å². The highest BCUT2D eigenvalue weighted by Gasteiger charge is 2.08. The first-order valence-electron chi connectivity index (χ1n) is 6.51. The number of anilines is 3. The number of hydrogen-bond donors (Lipinski definition) is 3. The average molecular weight is 299 g/mol. The van der Waals surface area contributed by atoms with Crippen molar-refractivity contribution in [3.8, 4) is 0 Å².